The molecule has 1 rings (SSSR count). The van der Waals surface area contributed by atoms with Gasteiger partial charge >= 0.3 is 0 Å². The summed E-state index contributed by atoms with van der Waals surface area (Å²) in [6.07, 6.45) is 1.78. The van der Waals surface area contributed by atoms with Crippen LogP contribution in [0.25, 0.3) is 0 Å². The number of amides is 1. The number of aliphatic hydroxyl groups excluding tert-OH is 1. The molecule has 0 aromatic heterocycles. The van der Waals surface area contributed by atoms with E-state index in [0.717, 1.165) is 6.42 Å². The van der Waals surface area contributed by atoms with Crippen molar-refractivity contribution in [1.29, 1.82) is 0 Å². The maximum Gasteiger partial charge on any atom is 0.238 e. The van der Waals surface area contributed by atoms with Gasteiger partial charge in [-0.15, -0.1) is 0 Å². The summed E-state index contributed by atoms with van der Waals surface area (Å²) in [5.74, 6) is -0.399. The van der Waals surface area contributed by atoms with Crippen molar-refractivity contribution in [2.45, 2.75) is 43.9 Å². The summed E-state index contributed by atoms with van der Waals surface area (Å²) in [4.78, 5) is 11.8. The van der Waals surface area contributed by atoms with E-state index in [4.69, 9.17) is 5.11 Å². The average molecular weight is 249 g/mol. The third-order valence-electron chi connectivity index (χ3n) is 2.73. The van der Waals surface area contributed by atoms with Crippen LogP contribution in [0, 0.1) is 0 Å². The van der Waals surface area contributed by atoms with Gasteiger partial charge in [-0.3, -0.25) is 4.79 Å². The van der Waals surface area contributed by atoms with Gasteiger partial charge < -0.3 is 10.4 Å². The van der Waals surface area contributed by atoms with E-state index in [1.807, 2.05) is 0 Å². The summed E-state index contributed by atoms with van der Waals surface area (Å²) in [7, 11) is -3.30. The fourth-order valence-electron chi connectivity index (χ4n) is 1.70. The van der Waals surface area contributed by atoms with E-state index >= 15 is 0 Å². The first-order valence-corrected chi connectivity index (χ1v) is 7.14. The number of carbonyl (C=O) groups excluding carboxylic acids is 1. The van der Waals surface area contributed by atoms with E-state index in [1.54, 1.807) is 13.8 Å². The Bertz CT molecular complexity index is 361. The van der Waals surface area contributed by atoms with Crippen molar-refractivity contribution in [3.8, 4) is 0 Å². The highest BCUT2D eigenvalue weighted by Crippen LogP contribution is 2.20. The van der Waals surface area contributed by atoms with Crippen LogP contribution >= 0.6 is 0 Å². The molecule has 94 valence electrons. The molecule has 0 saturated carbocycles. The maximum absolute atomic E-state index is 11.8. The molecular formula is C10H19NO4S. The largest absolute Gasteiger partial charge is 0.394 e. The van der Waals surface area contributed by atoms with E-state index in [1.165, 1.54) is 0 Å². The van der Waals surface area contributed by atoms with Gasteiger partial charge in [-0.1, -0.05) is 6.42 Å². The van der Waals surface area contributed by atoms with Gasteiger partial charge in [-0.2, -0.15) is 0 Å². The molecule has 2 N–H and O–H groups in total. The van der Waals surface area contributed by atoms with Crippen molar-refractivity contribution in [3.05, 3.63) is 0 Å². The lowest BCUT2D eigenvalue weighted by Crippen LogP contribution is -2.52. The molecule has 0 aromatic carbocycles. The van der Waals surface area contributed by atoms with Gasteiger partial charge in [-0.25, -0.2) is 8.42 Å². The Labute approximate surface area is 96.1 Å². The highest BCUT2D eigenvalue weighted by atomic mass is 32.2. The number of sulfone groups is 1. The lowest BCUT2D eigenvalue weighted by molar-refractivity contribution is -0.122. The van der Waals surface area contributed by atoms with Crippen LogP contribution in [0.2, 0.25) is 0 Å². The smallest absolute Gasteiger partial charge is 0.238 e. The SMILES string of the molecule is CC(C)(CO)NC(=O)C1CCCCS1(=O)=O. The second-order valence-corrected chi connectivity index (χ2v) is 7.19. The Kier molecular flexibility index (Phi) is 3.96. The molecule has 1 amide bonds. The highest BCUT2D eigenvalue weighted by molar-refractivity contribution is 7.92. The van der Waals surface area contributed by atoms with Gasteiger partial charge in [-0.05, 0) is 26.7 Å². The third kappa shape index (κ3) is 3.18. The first-order valence-electron chi connectivity index (χ1n) is 5.43. The molecule has 0 spiro atoms. The Hall–Kier alpha value is -0.620. The van der Waals surface area contributed by atoms with Crippen molar-refractivity contribution in [2.75, 3.05) is 12.4 Å². The minimum Gasteiger partial charge on any atom is -0.394 e. The Balaban J connectivity index is 2.74. The van der Waals surface area contributed by atoms with Crippen LogP contribution in [-0.4, -0.2) is 42.6 Å². The van der Waals surface area contributed by atoms with Crippen LogP contribution in [0.3, 0.4) is 0 Å². The van der Waals surface area contributed by atoms with Crippen molar-refractivity contribution in [3.63, 3.8) is 0 Å². The zero-order chi connectivity index (χ0) is 12.4. The summed E-state index contributed by atoms with van der Waals surface area (Å²) in [6.45, 7) is 3.09. The van der Waals surface area contributed by atoms with Gasteiger partial charge in [0.2, 0.25) is 5.91 Å². The van der Waals surface area contributed by atoms with E-state index in [2.05, 4.69) is 5.32 Å². The standard InChI is InChI=1S/C10H19NO4S/c1-10(2,7-12)11-9(13)8-5-3-4-6-16(8,14)15/h8,12H,3-7H2,1-2H3,(H,11,13). The number of rotatable bonds is 3. The van der Waals surface area contributed by atoms with Gasteiger partial charge in [0.15, 0.2) is 9.84 Å². The van der Waals surface area contributed by atoms with Crippen LogP contribution < -0.4 is 5.32 Å². The van der Waals surface area contributed by atoms with E-state index in [0.29, 0.717) is 12.8 Å². The predicted molar refractivity (Wildman–Crippen MR) is 60.7 cm³/mol. The molecule has 0 aliphatic carbocycles. The van der Waals surface area contributed by atoms with Crippen molar-refractivity contribution >= 4 is 15.7 Å². The van der Waals surface area contributed by atoms with Gasteiger partial charge in [0.1, 0.15) is 5.25 Å². The molecule has 0 aromatic rings. The summed E-state index contributed by atoms with van der Waals surface area (Å²) in [6, 6.07) is 0. The van der Waals surface area contributed by atoms with Crippen LogP contribution in [-0.2, 0) is 14.6 Å². The molecular weight excluding hydrogens is 230 g/mol. The molecule has 0 radical (unpaired) electrons. The molecule has 1 saturated heterocycles. The summed E-state index contributed by atoms with van der Waals surface area (Å²) >= 11 is 0. The average Bonchev–Trinajstić information content (AvgIpc) is 2.16. The zero-order valence-electron chi connectivity index (χ0n) is 9.69. The first kappa shape index (κ1) is 13.4. The molecule has 1 aliphatic heterocycles. The zero-order valence-corrected chi connectivity index (χ0v) is 10.5. The first-order chi connectivity index (χ1) is 7.28. The minimum atomic E-state index is -3.30. The monoisotopic (exact) mass is 249 g/mol. The van der Waals surface area contributed by atoms with E-state index in [9.17, 15) is 13.2 Å². The van der Waals surface area contributed by atoms with Crippen molar-refractivity contribution < 1.29 is 18.3 Å². The number of aliphatic hydroxyl groups is 1. The van der Waals surface area contributed by atoms with Gasteiger partial charge in [0.05, 0.1) is 17.9 Å². The lowest BCUT2D eigenvalue weighted by Gasteiger charge is -2.28. The second-order valence-electron chi connectivity index (χ2n) is 4.88. The number of carbonyl (C=O) groups is 1. The summed E-state index contributed by atoms with van der Waals surface area (Å²) < 4.78 is 23.3. The fourth-order valence-corrected chi connectivity index (χ4v) is 3.50. The molecule has 1 atom stereocenters. The Morgan fingerprint density at radius 1 is 1.44 bits per heavy atom. The number of hydrogen-bond acceptors (Lipinski definition) is 4. The maximum atomic E-state index is 11.8. The molecule has 1 fully saturated rings. The highest BCUT2D eigenvalue weighted by Gasteiger charge is 2.36. The molecule has 1 aliphatic rings. The third-order valence-corrected chi connectivity index (χ3v) is 4.90. The molecule has 16 heavy (non-hydrogen) atoms. The molecule has 1 unspecified atom stereocenters. The predicted octanol–water partition coefficient (Wildman–Crippen LogP) is -0.159. The molecule has 0 bridgehead atoms. The topological polar surface area (TPSA) is 83.5 Å². The Morgan fingerprint density at radius 3 is 2.56 bits per heavy atom. The number of nitrogens with one attached hydrogen (secondary N) is 1. The Morgan fingerprint density at radius 2 is 2.06 bits per heavy atom. The van der Waals surface area contributed by atoms with Gasteiger partial charge in [0.25, 0.3) is 0 Å². The van der Waals surface area contributed by atoms with Crippen LogP contribution in [0.1, 0.15) is 33.1 Å². The molecule has 5 nitrogen and oxygen atoms in total. The van der Waals surface area contributed by atoms with Crippen LogP contribution in [0.4, 0.5) is 0 Å². The molecule has 1 heterocycles. The number of hydrogen-bond donors (Lipinski definition) is 2. The molecule has 6 heteroatoms. The normalized spacial score (nSPS) is 25.1. The summed E-state index contributed by atoms with van der Waals surface area (Å²) in [5, 5.41) is 10.6. The van der Waals surface area contributed by atoms with Crippen LogP contribution in [0.15, 0.2) is 0 Å². The van der Waals surface area contributed by atoms with Gasteiger partial charge in [0, 0.05) is 0 Å². The lowest BCUT2D eigenvalue weighted by atomic mass is 10.1. The van der Waals surface area contributed by atoms with Crippen molar-refractivity contribution in [1.82, 2.24) is 5.32 Å². The quantitative estimate of drug-likeness (QED) is 0.728. The van der Waals surface area contributed by atoms with Crippen LogP contribution in [0.5, 0.6) is 0 Å². The second kappa shape index (κ2) is 4.71. The van der Waals surface area contributed by atoms with E-state index < -0.39 is 26.5 Å². The summed E-state index contributed by atoms with van der Waals surface area (Å²) in [5.41, 5.74) is -0.774. The fraction of sp³-hybridized carbons (Fsp3) is 0.900. The minimum absolute atomic E-state index is 0.0879. The van der Waals surface area contributed by atoms with E-state index in [-0.39, 0.29) is 12.4 Å². The van der Waals surface area contributed by atoms with Crippen molar-refractivity contribution in [2.24, 2.45) is 0 Å².